The van der Waals surface area contributed by atoms with Crippen LogP contribution in [0.5, 0.6) is 11.5 Å². The molecule has 84 valence electrons. The molecule has 0 saturated heterocycles. The number of nitrogens with zero attached hydrogens (tertiary/aromatic N) is 1. The Bertz CT molecular complexity index is 329. The Labute approximate surface area is 91.4 Å². The van der Waals surface area contributed by atoms with Gasteiger partial charge >= 0.3 is 0 Å². The second-order valence-corrected chi connectivity index (χ2v) is 4.76. The molecule has 0 aliphatic carbocycles. The van der Waals surface area contributed by atoms with Crippen LogP contribution in [0.4, 0.5) is 0 Å². The van der Waals surface area contributed by atoms with Gasteiger partial charge in [0.15, 0.2) is 0 Å². The largest absolute Gasteiger partial charge is 0.495 e. The topological polar surface area (TPSA) is 31.4 Å². The van der Waals surface area contributed by atoms with Crippen molar-refractivity contribution < 1.29 is 9.47 Å². The van der Waals surface area contributed by atoms with Crippen molar-refractivity contribution in [1.29, 1.82) is 0 Å². The molecular formula is C12H19NO2. The predicted octanol–water partition coefficient (Wildman–Crippen LogP) is 2.69. The Morgan fingerprint density at radius 3 is 2.33 bits per heavy atom. The Hall–Kier alpha value is -1.25. The van der Waals surface area contributed by atoms with Gasteiger partial charge in [0.05, 0.1) is 26.1 Å². The molecule has 3 heteroatoms. The summed E-state index contributed by atoms with van der Waals surface area (Å²) >= 11 is 0. The second kappa shape index (κ2) is 4.51. The standard InChI is InChI=1S/C12H19NO2/c1-12(2,3)7-10-11(15-5)6-9(14-4)8-13-10/h6,8H,7H2,1-5H3. The normalized spacial score (nSPS) is 11.3. The van der Waals surface area contributed by atoms with Crippen LogP contribution in [0.1, 0.15) is 26.5 Å². The summed E-state index contributed by atoms with van der Waals surface area (Å²) in [6.07, 6.45) is 2.61. The molecular weight excluding hydrogens is 190 g/mol. The minimum Gasteiger partial charge on any atom is -0.495 e. The molecule has 3 nitrogen and oxygen atoms in total. The number of hydrogen-bond acceptors (Lipinski definition) is 3. The van der Waals surface area contributed by atoms with Crippen molar-refractivity contribution in [3.63, 3.8) is 0 Å². The first-order valence-corrected chi connectivity index (χ1v) is 5.03. The maximum absolute atomic E-state index is 5.29. The SMILES string of the molecule is COc1cnc(CC(C)(C)C)c(OC)c1. The third-order valence-electron chi connectivity index (χ3n) is 2.06. The number of rotatable bonds is 3. The minimum absolute atomic E-state index is 0.203. The van der Waals surface area contributed by atoms with Crippen molar-refractivity contribution in [2.45, 2.75) is 27.2 Å². The Morgan fingerprint density at radius 1 is 1.20 bits per heavy atom. The summed E-state index contributed by atoms with van der Waals surface area (Å²) in [6.45, 7) is 6.54. The van der Waals surface area contributed by atoms with Gasteiger partial charge in [-0.15, -0.1) is 0 Å². The van der Waals surface area contributed by atoms with Crippen LogP contribution in [0.2, 0.25) is 0 Å². The second-order valence-electron chi connectivity index (χ2n) is 4.76. The highest BCUT2D eigenvalue weighted by Crippen LogP contribution is 2.28. The van der Waals surface area contributed by atoms with Gasteiger partial charge in [0, 0.05) is 6.07 Å². The summed E-state index contributed by atoms with van der Waals surface area (Å²) in [6, 6.07) is 1.87. The van der Waals surface area contributed by atoms with Crippen LogP contribution >= 0.6 is 0 Å². The van der Waals surface area contributed by atoms with Crippen molar-refractivity contribution >= 4 is 0 Å². The van der Waals surface area contributed by atoms with E-state index in [0.717, 1.165) is 23.6 Å². The van der Waals surface area contributed by atoms with Crippen LogP contribution in [0.15, 0.2) is 12.3 Å². The van der Waals surface area contributed by atoms with Gasteiger partial charge in [-0.1, -0.05) is 20.8 Å². The lowest BCUT2D eigenvalue weighted by atomic mass is 9.90. The summed E-state index contributed by atoms with van der Waals surface area (Å²) in [7, 11) is 3.28. The van der Waals surface area contributed by atoms with E-state index in [0.29, 0.717) is 0 Å². The van der Waals surface area contributed by atoms with E-state index >= 15 is 0 Å². The average molecular weight is 209 g/mol. The smallest absolute Gasteiger partial charge is 0.144 e. The van der Waals surface area contributed by atoms with Gasteiger partial charge in [-0.05, 0) is 11.8 Å². The van der Waals surface area contributed by atoms with E-state index in [4.69, 9.17) is 9.47 Å². The summed E-state index contributed by atoms with van der Waals surface area (Å²) in [5.41, 5.74) is 1.18. The molecule has 0 aliphatic heterocycles. The van der Waals surface area contributed by atoms with Crippen LogP contribution in [0.3, 0.4) is 0 Å². The Kier molecular flexibility index (Phi) is 3.56. The molecule has 0 aliphatic rings. The molecule has 0 aromatic carbocycles. The fourth-order valence-electron chi connectivity index (χ4n) is 1.38. The Balaban J connectivity index is 2.97. The predicted molar refractivity (Wildman–Crippen MR) is 60.5 cm³/mol. The van der Waals surface area contributed by atoms with Gasteiger partial charge in [-0.3, -0.25) is 4.98 Å². The van der Waals surface area contributed by atoms with E-state index in [1.807, 2.05) is 6.07 Å². The molecule has 0 bridgehead atoms. The number of hydrogen-bond donors (Lipinski definition) is 0. The van der Waals surface area contributed by atoms with Gasteiger partial charge in [-0.25, -0.2) is 0 Å². The van der Waals surface area contributed by atoms with Gasteiger partial charge in [0.25, 0.3) is 0 Å². The molecule has 0 radical (unpaired) electrons. The van der Waals surface area contributed by atoms with E-state index in [1.54, 1.807) is 20.4 Å². The minimum atomic E-state index is 0.203. The molecule has 1 heterocycles. The highest BCUT2D eigenvalue weighted by atomic mass is 16.5. The van der Waals surface area contributed by atoms with Crippen molar-refractivity contribution in [1.82, 2.24) is 4.98 Å². The molecule has 1 rings (SSSR count). The molecule has 0 unspecified atom stereocenters. The first-order valence-electron chi connectivity index (χ1n) is 5.03. The molecule has 15 heavy (non-hydrogen) atoms. The molecule has 1 aromatic rings. The Morgan fingerprint density at radius 2 is 1.87 bits per heavy atom. The van der Waals surface area contributed by atoms with Crippen molar-refractivity contribution in [3.8, 4) is 11.5 Å². The quantitative estimate of drug-likeness (QED) is 0.767. The monoisotopic (exact) mass is 209 g/mol. The maximum atomic E-state index is 5.29. The summed E-state index contributed by atoms with van der Waals surface area (Å²) in [5, 5.41) is 0. The molecule has 0 saturated carbocycles. The number of aromatic nitrogens is 1. The van der Waals surface area contributed by atoms with Gasteiger partial charge in [0.2, 0.25) is 0 Å². The first kappa shape index (κ1) is 11.8. The summed E-state index contributed by atoms with van der Waals surface area (Å²) in [4.78, 5) is 4.36. The van der Waals surface area contributed by atoms with Gasteiger partial charge in [-0.2, -0.15) is 0 Å². The molecule has 0 fully saturated rings. The zero-order valence-electron chi connectivity index (χ0n) is 10.1. The fourth-order valence-corrected chi connectivity index (χ4v) is 1.38. The van der Waals surface area contributed by atoms with E-state index in [2.05, 4.69) is 25.8 Å². The van der Waals surface area contributed by atoms with Crippen LogP contribution in [0.25, 0.3) is 0 Å². The van der Waals surface area contributed by atoms with Crippen LogP contribution in [-0.2, 0) is 6.42 Å². The highest BCUT2D eigenvalue weighted by Gasteiger charge is 2.16. The number of methoxy groups -OCH3 is 2. The van der Waals surface area contributed by atoms with Crippen molar-refractivity contribution in [2.75, 3.05) is 14.2 Å². The lowest BCUT2D eigenvalue weighted by Crippen LogP contribution is -2.11. The summed E-state index contributed by atoms with van der Waals surface area (Å²) < 4.78 is 10.4. The lowest BCUT2D eigenvalue weighted by Gasteiger charge is -2.19. The van der Waals surface area contributed by atoms with Crippen LogP contribution in [-0.4, -0.2) is 19.2 Å². The fraction of sp³-hybridized carbons (Fsp3) is 0.583. The summed E-state index contributed by atoms with van der Waals surface area (Å²) in [5.74, 6) is 1.52. The van der Waals surface area contributed by atoms with E-state index in [1.165, 1.54) is 0 Å². The molecule has 0 amide bonds. The third-order valence-corrected chi connectivity index (χ3v) is 2.06. The van der Waals surface area contributed by atoms with Crippen LogP contribution in [0, 0.1) is 5.41 Å². The van der Waals surface area contributed by atoms with E-state index < -0.39 is 0 Å². The van der Waals surface area contributed by atoms with Crippen molar-refractivity contribution in [2.24, 2.45) is 5.41 Å². The maximum Gasteiger partial charge on any atom is 0.144 e. The molecule has 0 N–H and O–H groups in total. The molecule has 0 spiro atoms. The number of pyridine rings is 1. The number of ether oxygens (including phenoxy) is 2. The zero-order chi connectivity index (χ0) is 11.5. The average Bonchev–Trinajstić information content (AvgIpc) is 2.16. The lowest BCUT2D eigenvalue weighted by molar-refractivity contribution is 0.364. The van der Waals surface area contributed by atoms with Gasteiger partial charge < -0.3 is 9.47 Å². The van der Waals surface area contributed by atoms with Crippen LogP contribution < -0.4 is 9.47 Å². The van der Waals surface area contributed by atoms with Gasteiger partial charge in [0.1, 0.15) is 11.5 Å². The first-order chi connectivity index (χ1) is 6.96. The molecule has 0 atom stereocenters. The molecule has 1 aromatic heterocycles. The van der Waals surface area contributed by atoms with E-state index in [9.17, 15) is 0 Å². The van der Waals surface area contributed by atoms with E-state index in [-0.39, 0.29) is 5.41 Å². The zero-order valence-corrected chi connectivity index (χ0v) is 10.1. The van der Waals surface area contributed by atoms with Crippen molar-refractivity contribution in [3.05, 3.63) is 18.0 Å². The highest BCUT2D eigenvalue weighted by molar-refractivity contribution is 5.35. The third kappa shape index (κ3) is 3.42.